The zero-order valence-electron chi connectivity index (χ0n) is 10.4. The van der Waals surface area contributed by atoms with Crippen molar-refractivity contribution in [3.8, 4) is 0 Å². The summed E-state index contributed by atoms with van der Waals surface area (Å²) in [7, 11) is 0. The lowest BCUT2D eigenvalue weighted by molar-refractivity contribution is 0.383. The molecule has 3 atom stereocenters. The van der Waals surface area contributed by atoms with Gasteiger partial charge in [-0.1, -0.05) is 23.4 Å². The summed E-state index contributed by atoms with van der Waals surface area (Å²) >= 11 is 5.68. The van der Waals surface area contributed by atoms with E-state index in [1.165, 1.54) is 5.69 Å². The van der Waals surface area contributed by atoms with Gasteiger partial charge in [0.2, 0.25) is 5.89 Å². The van der Waals surface area contributed by atoms with Crippen LogP contribution in [0.1, 0.15) is 17.6 Å². The van der Waals surface area contributed by atoms with Gasteiger partial charge in [0.25, 0.3) is 0 Å². The minimum Gasteiger partial charge on any atom is -0.371 e. The lowest BCUT2D eigenvalue weighted by atomic mass is 10.2. The lowest BCUT2D eigenvalue weighted by Gasteiger charge is -2.21. The summed E-state index contributed by atoms with van der Waals surface area (Å²) in [5.41, 5.74) is 1.31. The van der Waals surface area contributed by atoms with Crippen LogP contribution in [0.3, 0.4) is 0 Å². The first-order chi connectivity index (χ1) is 9.36. The van der Waals surface area contributed by atoms with Gasteiger partial charge in [0.15, 0.2) is 5.82 Å². The Bertz CT molecular complexity index is 573. The third-order valence-electron chi connectivity index (χ3n) is 4.21. The molecule has 1 aliphatic heterocycles. The van der Waals surface area contributed by atoms with Gasteiger partial charge in [0, 0.05) is 24.7 Å². The number of rotatable bonds is 3. The first kappa shape index (κ1) is 11.3. The van der Waals surface area contributed by atoms with Crippen molar-refractivity contribution in [2.75, 3.05) is 18.0 Å². The molecular formula is C14H14ClN3O. The molecule has 1 aromatic carbocycles. The summed E-state index contributed by atoms with van der Waals surface area (Å²) in [6, 6.07) is 10.6. The lowest BCUT2D eigenvalue weighted by Crippen LogP contribution is -2.23. The molecular weight excluding hydrogens is 262 g/mol. The molecule has 0 N–H and O–H groups in total. The number of halogens is 1. The Morgan fingerprint density at radius 1 is 1.21 bits per heavy atom. The molecule has 2 aromatic rings. The number of para-hydroxylation sites is 1. The van der Waals surface area contributed by atoms with Crippen molar-refractivity contribution in [2.45, 2.75) is 11.8 Å². The van der Waals surface area contributed by atoms with Crippen LogP contribution >= 0.6 is 11.6 Å². The average Bonchev–Trinajstić information content (AvgIpc) is 2.89. The summed E-state index contributed by atoms with van der Waals surface area (Å²) in [6.45, 7) is 2.17. The predicted octanol–water partition coefficient (Wildman–Crippen LogP) is 2.66. The van der Waals surface area contributed by atoms with Gasteiger partial charge in [0.05, 0.1) is 0 Å². The summed E-state index contributed by atoms with van der Waals surface area (Å²) in [5, 5.41) is 4.04. The minimum atomic E-state index is 0.297. The average molecular weight is 276 g/mol. The first-order valence-electron chi connectivity index (χ1n) is 6.55. The van der Waals surface area contributed by atoms with Crippen molar-refractivity contribution in [2.24, 2.45) is 11.8 Å². The van der Waals surface area contributed by atoms with Crippen LogP contribution in [0.2, 0.25) is 0 Å². The van der Waals surface area contributed by atoms with Crippen molar-refractivity contribution >= 4 is 17.3 Å². The van der Waals surface area contributed by atoms with E-state index >= 15 is 0 Å². The van der Waals surface area contributed by atoms with E-state index in [-0.39, 0.29) is 0 Å². The Morgan fingerprint density at radius 2 is 1.95 bits per heavy atom. The number of hydrogen-bond acceptors (Lipinski definition) is 4. The van der Waals surface area contributed by atoms with E-state index in [1.54, 1.807) is 0 Å². The molecule has 19 heavy (non-hydrogen) atoms. The zero-order valence-corrected chi connectivity index (χ0v) is 11.1. The van der Waals surface area contributed by atoms with E-state index in [4.69, 9.17) is 16.1 Å². The van der Waals surface area contributed by atoms with Crippen LogP contribution in [0.4, 0.5) is 5.69 Å². The summed E-state index contributed by atoms with van der Waals surface area (Å²) in [6.07, 6.45) is 0. The largest absolute Gasteiger partial charge is 0.371 e. The Labute approximate surface area is 116 Å². The van der Waals surface area contributed by atoms with E-state index in [9.17, 15) is 0 Å². The summed E-state index contributed by atoms with van der Waals surface area (Å²) in [4.78, 5) is 6.78. The fourth-order valence-corrected chi connectivity index (χ4v) is 3.33. The molecule has 2 aliphatic rings. The molecule has 0 radical (unpaired) electrons. The molecule has 2 fully saturated rings. The second-order valence-electron chi connectivity index (χ2n) is 5.27. The number of alkyl halides is 1. The highest BCUT2D eigenvalue weighted by atomic mass is 35.5. The highest BCUT2D eigenvalue weighted by molar-refractivity contribution is 6.16. The molecule has 0 amide bonds. The van der Waals surface area contributed by atoms with Crippen LogP contribution < -0.4 is 4.90 Å². The summed E-state index contributed by atoms with van der Waals surface area (Å²) in [5.74, 6) is 3.48. The van der Waals surface area contributed by atoms with Crippen molar-refractivity contribution in [3.05, 3.63) is 42.0 Å². The number of hydrogen-bond donors (Lipinski definition) is 0. The maximum atomic E-state index is 5.68. The predicted molar refractivity (Wildman–Crippen MR) is 72.2 cm³/mol. The number of anilines is 1. The quantitative estimate of drug-likeness (QED) is 0.808. The maximum absolute atomic E-state index is 5.68. The molecule has 0 bridgehead atoms. The minimum absolute atomic E-state index is 0.297. The van der Waals surface area contributed by atoms with E-state index in [2.05, 4.69) is 45.4 Å². The van der Waals surface area contributed by atoms with E-state index in [1.807, 2.05) is 0 Å². The molecule has 5 heteroatoms. The van der Waals surface area contributed by atoms with Gasteiger partial charge in [-0.15, -0.1) is 11.6 Å². The number of benzene rings is 1. The number of piperidine rings is 1. The molecule has 1 aromatic heterocycles. The van der Waals surface area contributed by atoms with Crippen molar-refractivity contribution < 1.29 is 4.52 Å². The highest BCUT2D eigenvalue weighted by Gasteiger charge is 2.58. The number of nitrogens with zero attached hydrogens (tertiary/aromatic N) is 3. The monoisotopic (exact) mass is 275 g/mol. The van der Waals surface area contributed by atoms with Gasteiger partial charge in [-0.2, -0.15) is 4.98 Å². The molecule has 1 aliphatic carbocycles. The Morgan fingerprint density at radius 3 is 2.58 bits per heavy atom. The number of fused-ring (bicyclic) bond motifs is 1. The Balaban J connectivity index is 1.46. The van der Waals surface area contributed by atoms with Crippen LogP contribution in [0.5, 0.6) is 0 Å². The van der Waals surface area contributed by atoms with E-state index in [0.717, 1.165) is 18.9 Å². The van der Waals surface area contributed by atoms with Crippen LogP contribution in [-0.2, 0) is 5.88 Å². The van der Waals surface area contributed by atoms with Crippen LogP contribution in [0, 0.1) is 11.8 Å². The molecule has 98 valence electrons. The van der Waals surface area contributed by atoms with Gasteiger partial charge in [0.1, 0.15) is 5.88 Å². The van der Waals surface area contributed by atoms with Crippen molar-refractivity contribution in [1.82, 2.24) is 10.1 Å². The normalized spacial score (nSPS) is 28.5. The molecule has 0 unspecified atom stereocenters. The molecule has 1 saturated heterocycles. The van der Waals surface area contributed by atoms with Gasteiger partial charge in [-0.05, 0) is 24.0 Å². The van der Waals surface area contributed by atoms with Crippen molar-refractivity contribution in [3.63, 3.8) is 0 Å². The molecule has 4 rings (SSSR count). The fraction of sp³-hybridized carbons (Fsp3) is 0.429. The van der Waals surface area contributed by atoms with Gasteiger partial charge < -0.3 is 9.42 Å². The smallest absolute Gasteiger partial charge is 0.241 e. The second-order valence-corrected chi connectivity index (χ2v) is 5.54. The highest BCUT2D eigenvalue weighted by Crippen LogP contribution is 2.57. The number of aromatic nitrogens is 2. The molecule has 0 spiro atoms. The van der Waals surface area contributed by atoms with Gasteiger partial charge in [-0.3, -0.25) is 0 Å². The second kappa shape index (κ2) is 4.23. The first-order valence-corrected chi connectivity index (χ1v) is 7.08. The van der Waals surface area contributed by atoms with E-state index in [0.29, 0.717) is 29.5 Å². The standard InChI is InChI=1S/C14H14ClN3O/c15-6-12-16-14(17-19-12)13-10-7-18(8-11(10)13)9-4-2-1-3-5-9/h1-5,10-11,13H,6-8H2/t10-,11+,13+. The van der Waals surface area contributed by atoms with Crippen LogP contribution in [-0.4, -0.2) is 23.2 Å². The Hall–Kier alpha value is -1.55. The summed E-state index contributed by atoms with van der Waals surface area (Å²) < 4.78 is 5.09. The van der Waals surface area contributed by atoms with Crippen LogP contribution in [0.15, 0.2) is 34.9 Å². The van der Waals surface area contributed by atoms with Crippen LogP contribution in [0.25, 0.3) is 0 Å². The third-order valence-corrected chi connectivity index (χ3v) is 4.44. The SMILES string of the molecule is ClCc1nc([C@H]2[C@@H]3CN(c4ccccc4)C[C@@H]32)no1. The zero-order chi connectivity index (χ0) is 12.8. The Kier molecular flexibility index (Phi) is 2.52. The van der Waals surface area contributed by atoms with Gasteiger partial charge >= 0.3 is 0 Å². The molecule has 1 saturated carbocycles. The maximum Gasteiger partial charge on any atom is 0.241 e. The van der Waals surface area contributed by atoms with Gasteiger partial charge in [-0.25, -0.2) is 0 Å². The molecule has 4 nitrogen and oxygen atoms in total. The topological polar surface area (TPSA) is 42.2 Å². The van der Waals surface area contributed by atoms with Crippen molar-refractivity contribution in [1.29, 1.82) is 0 Å². The molecule has 2 heterocycles. The fourth-order valence-electron chi connectivity index (χ4n) is 3.22. The third kappa shape index (κ3) is 1.82. The van der Waals surface area contributed by atoms with E-state index < -0.39 is 0 Å².